The maximum atomic E-state index is 11.3. The Morgan fingerprint density at radius 3 is 3.07 bits per heavy atom. The maximum Gasteiger partial charge on any atom is 0.200 e. The number of hydrogen-bond donors (Lipinski definition) is 2. The standard InChI is InChI=1S/C10H16BrN3O/c1-2-3-4-5-12-10-13-7-8(14-10)9(15)6-11/h7H,2-6H2,1H3,(H2,12,13,14). The van der Waals surface area contributed by atoms with Crippen LogP contribution >= 0.6 is 15.9 Å². The summed E-state index contributed by atoms with van der Waals surface area (Å²) in [5, 5.41) is 3.47. The number of nitrogens with one attached hydrogen (secondary N) is 2. The summed E-state index contributed by atoms with van der Waals surface area (Å²) in [5.41, 5.74) is 0.546. The second-order valence-electron chi connectivity index (χ2n) is 3.34. The van der Waals surface area contributed by atoms with Crippen LogP contribution in [0, 0.1) is 0 Å². The van der Waals surface area contributed by atoms with Crippen molar-refractivity contribution in [1.29, 1.82) is 0 Å². The fraction of sp³-hybridized carbons (Fsp3) is 0.600. The molecule has 1 aromatic rings. The number of anilines is 1. The number of H-pyrrole nitrogens is 1. The minimum Gasteiger partial charge on any atom is -0.356 e. The van der Waals surface area contributed by atoms with Crippen LogP contribution in [0.1, 0.15) is 36.7 Å². The Morgan fingerprint density at radius 1 is 1.60 bits per heavy atom. The van der Waals surface area contributed by atoms with Crippen molar-refractivity contribution in [1.82, 2.24) is 9.97 Å². The fourth-order valence-corrected chi connectivity index (χ4v) is 1.51. The van der Waals surface area contributed by atoms with Gasteiger partial charge in [0.1, 0.15) is 5.69 Å². The molecule has 4 nitrogen and oxygen atoms in total. The molecule has 5 heteroatoms. The van der Waals surface area contributed by atoms with E-state index in [0.717, 1.165) is 13.0 Å². The molecule has 0 saturated heterocycles. The van der Waals surface area contributed by atoms with Gasteiger partial charge in [-0.1, -0.05) is 35.7 Å². The summed E-state index contributed by atoms with van der Waals surface area (Å²) in [5.74, 6) is 0.694. The Kier molecular flexibility index (Phi) is 5.39. The van der Waals surface area contributed by atoms with E-state index in [1.54, 1.807) is 6.20 Å². The summed E-state index contributed by atoms with van der Waals surface area (Å²) in [4.78, 5) is 18.3. The third-order valence-corrected chi connectivity index (χ3v) is 2.58. The minimum atomic E-state index is 0.0177. The number of ketones is 1. The van der Waals surface area contributed by atoms with E-state index in [1.165, 1.54) is 12.8 Å². The van der Waals surface area contributed by atoms with Crippen molar-refractivity contribution in [3.63, 3.8) is 0 Å². The Morgan fingerprint density at radius 2 is 2.40 bits per heavy atom. The van der Waals surface area contributed by atoms with Crippen molar-refractivity contribution in [2.75, 3.05) is 17.2 Å². The number of halogens is 1. The van der Waals surface area contributed by atoms with E-state index < -0.39 is 0 Å². The lowest BCUT2D eigenvalue weighted by molar-refractivity contribution is 0.101. The number of hydrogen-bond acceptors (Lipinski definition) is 3. The number of imidazole rings is 1. The molecule has 0 saturated carbocycles. The van der Waals surface area contributed by atoms with Gasteiger partial charge >= 0.3 is 0 Å². The summed E-state index contributed by atoms with van der Waals surface area (Å²) in [7, 11) is 0. The molecule has 84 valence electrons. The lowest BCUT2D eigenvalue weighted by Crippen LogP contribution is -2.04. The second-order valence-corrected chi connectivity index (χ2v) is 3.90. The van der Waals surface area contributed by atoms with Gasteiger partial charge in [-0.2, -0.15) is 0 Å². The van der Waals surface area contributed by atoms with Crippen molar-refractivity contribution >= 4 is 27.7 Å². The Labute approximate surface area is 98.0 Å². The van der Waals surface area contributed by atoms with Gasteiger partial charge in [-0.05, 0) is 6.42 Å². The van der Waals surface area contributed by atoms with Crippen LogP contribution in [-0.4, -0.2) is 27.6 Å². The van der Waals surface area contributed by atoms with E-state index in [9.17, 15) is 4.79 Å². The van der Waals surface area contributed by atoms with Gasteiger partial charge in [-0.15, -0.1) is 0 Å². The molecule has 1 rings (SSSR count). The maximum absolute atomic E-state index is 11.3. The molecule has 0 aliphatic carbocycles. The summed E-state index contributed by atoms with van der Waals surface area (Å²) >= 11 is 3.12. The quantitative estimate of drug-likeness (QED) is 0.456. The number of rotatable bonds is 7. The molecule has 1 heterocycles. The van der Waals surface area contributed by atoms with Crippen LogP contribution < -0.4 is 5.32 Å². The van der Waals surface area contributed by atoms with Gasteiger partial charge in [0.05, 0.1) is 11.5 Å². The van der Waals surface area contributed by atoms with Gasteiger partial charge < -0.3 is 10.3 Å². The predicted octanol–water partition coefficient (Wildman–Crippen LogP) is 2.59. The van der Waals surface area contributed by atoms with Crippen LogP contribution in [-0.2, 0) is 0 Å². The van der Waals surface area contributed by atoms with Crippen molar-refractivity contribution in [2.24, 2.45) is 0 Å². The molecule has 0 aromatic carbocycles. The van der Waals surface area contributed by atoms with Gasteiger partial charge in [0.25, 0.3) is 0 Å². The first-order valence-electron chi connectivity index (χ1n) is 5.16. The number of aromatic nitrogens is 2. The zero-order valence-corrected chi connectivity index (χ0v) is 10.4. The van der Waals surface area contributed by atoms with E-state index in [-0.39, 0.29) is 5.78 Å². The molecule has 1 aromatic heterocycles. The lowest BCUT2D eigenvalue weighted by Gasteiger charge is -2.00. The molecule has 0 amide bonds. The first kappa shape index (κ1) is 12.2. The Bertz CT molecular complexity index is 311. The molecule has 0 atom stereocenters. The normalized spacial score (nSPS) is 10.3. The van der Waals surface area contributed by atoms with Crippen LogP contribution in [0.2, 0.25) is 0 Å². The smallest absolute Gasteiger partial charge is 0.200 e. The molecule has 15 heavy (non-hydrogen) atoms. The molecule has 0 fully saturated rings. The molecule has 0 aliphatic heterocycles. The Balaban J connectivity index is 2.36. The molecular weight excluding hydrogens is 258 g/mol. The molecule has 0 radical (unpaired) electrons. The van der Waals surface area contributed by atoms with Crippen molar-refractivity contribution in [3.8, 4) is 0 Å². The lowest BCUT2D eigenvalue weighted by atomic mass is 10.2. The van der Waals surface area contributed by atoms with Crippen LogP contribution in [0.25, 0.3) is 0 Å². The zero-order valence-electron chi connectivity index (χ0n) is 8.85. The Hall–Kier alpha value is -0.840. The van der Waals surface area contributed by atoms with E-state index in [4.69, 9.17) is 0 Å². The second kappa shape index (κ2) is 6.61. The fourth-order valence-electron chi connectivity index (χ4n) is 1.21. The van der Waals surface area contributed by atoms with Crippen LogP contribution in [0.4, 0.5) is 5.95 Å². The number of carbonyl (C=O) groups is 1. The van der Waals surface area contributed by atoms with Crippen LogP contribution in [0.3, 0.4) is 0 Å². The van der Waals surface area contributed by atoms with Gasteiger partial charge in [-0.3, -0.25) is 4.79 Å². The van der Waals surface area contributed by atoms with Crippen molar-refractivity contribution < 1.29 is 4.79 Å². The first-order chi connectivity index (χ1) is 7.27. The summed E-state index contributed by atoms with van der Waals surface area (Å²) in [6.07, 6.45) is 5.10. The van der Waals surface area contributed by atoms with Crippen molar-refractivity contribution in [3.05, 3.63) is 11.9 Å². The summed E-state index contributed by atoms with van der Waals surface area (Å²) < 4.78 is 0. The third-order valence-electron chi connectivity index (χ3n) is 2.07. The summed E-state index contributed by atoms with van der Waals surface area (Å²) in [6.45, 7) is 3.06. The molecule has 0 unspecified atom stereocenters. The monoisotopic (exact) mass is 273 g/mol. The highest BCUT2D eigenvalue weighted by Crippen LogP contribution is 2.05. The van der Waals surface area contributed by atoms with Gasteiger partial charge in [0.2, 0.25) is 5.95 Å². The number of alkyl halides is 1. The number of aromatic amines is 1. The van der Waals surface area contributed by atoms with E-state index >= 15 is 0 Å². The van der Waals surface area contributed by atoms with Gasteiger partial charge in [-0.25, -0.2) is 4.98 Å². The van der Waals surface area contributed by atoms with E-state index in [1.807, 2.05) is 0 Å². The molecule has 0 bridgehead atoms. The highest BCUT2D eigenvalue weighted by atomic mass is 79.9. The van der Waals surface area contributed by atoms with Crippen molar-refractivity contribution in [2.45, 2.75) is 26.2 Å². The highest BCUT2D eigenvalue weighted by molar-refractivity contribution is 9.09. The third kappa shape index (κ3) is 4.03. The SMILES string of the molecule is CCCCCNc1ncc(C(=O)CBr)[nH]1. The molecular formula is C10H16BrN3O. The van der Waals surface area contributed by atoms with E-state index in [0.29, 0.717) is 17.0 Å². The average Bonchev–Trinajstić information content (AvgIpc) is 2.72. The minimum absolute atomic E-state index is 0.0177. The largest absolute Gasteiger partial charge is 0.356 e. The number of unbranched alkanes of at least 4 members (excludes halogenated alkanes) is 2. The van der Waals surface area contributed by atoms with Crippen LogP contribution in [0.15, 0.2) is 6.20 Å². The zero-order chi connectivity index (χ0) is 11.1. The molecule has 0 aliphatic rings. The first-order valence-corrected chi connectivity index (χ1v) is 6.28. The predicted molar refractivity (Wildman–Crippen MR) is 64.7 cm³/mol. The highest BCUT2D eigenvalue weighted by Gasteiger charge is 2.06. The van der Waals surface area contributed by atoms with Gasteiger partial charge in [0, 0.05) is 6.54 Å². The number of carbonyl (C=O) groups excluding carboxylic acids is 1. The topological polar surface area (TPSA) is 57.8 Å². The number of nitrogens with zero attached hydrogens (tertiary/aromatic N) is 1. The molecule has 2 N–H and O–H groups in total. The van der Waals surface area contributed by atoms with Crippen LogP contribution in [0.5, 0.6) is 0 Å². The van der Waals surface area contributed by atoms with E-state index in [2.05, 4.69) is 38.1 Å². The average molecular weight is 274 g/mol. The molecule has 0 spiro atoms. The van der Waals surface area contributed by atoms with Gasteiger partial charge in [0.15, 0.2) is 5.78 Å². The number of Topliss-reactive ketones (excluding diaryl/α,β-unsaturated/α-hetero) is 1. The summed E-state index contributed by atoms with van der Waals surface area (Å²) in [6, 6.07) is 0.